The molecule has 5 heteroatoms. The first-order valence-electron chi connectivity index (χ1n) is 8.20. The van der Waals surface area contributed by atoms with Gasteiger partial charge in [0.1, 0.15) is 0 Å². The van der Waals surface area contributed by atoms with Crippen molar-refractivity contribution >= 4 is 17.2 Å². The normalized spacial score (nSPS) is 20.2. The highest BCUT2D eigenvalue weighted by Gasteiger charge is 2.37. The summed E-state index contributed by atoms with van der Waals surface area (Å²) in [6, 6.07) is 6.09. The molecule has 0 N–H and O–H groups in total. The van der Waals surface area contributed by atoms with E-state index in [1.165, 1.54) is 5.56 Å². The second-order valence-electron chi connectivity index (χ2n) is 5.97. The lowest BCUT2D eigenvalue weighted by Crippen LogP contribution is -2.42. The van der Waals surface area contributed by atoms with Crippen molar-refractivity contribution in [3.8, 4) is 0 Å². The van der Waals surface area contributed by atoms with Gasteiger partial charge in [0, 0.05) is 18.9 Å². The average Bonchev–Trinajstić information content (AvgIpc) is 3.24. The largest absolute Gasteiger partial charge is 0.372 e. The molecule has 3 heterocycles. The Hall–Kier alpha value is -1.98. The van der Waals surface area contributed by atoms with E-state index in [0.717, 1.165) is 24.9 Å². The molecule has 1 saturated heterocycles. The van der Waals surface area contributed by atoms with Gasteiger partial charge in [-0.15, -0.1) is 6.58 Å². The molecule has 0 radical (unpaired) electrons. The summed E-state index contributed by atoms with van der Waals surface area (Å²) in [7, 11) is 0. The van der Waals surface area contributed by atoms with Crippen molar-refractivity contribution in [2.45, 2.75) is 31.4 Å². The van der Waals surface area contributed by atoms with E-state index in [9.17, 15) is 4.79 Å². The van der Waals surface area contributed by atoms with Crippen LogP contribution in [0.15, 0.2) is 54.0 Å². The quantitative estimate of drug-likeness (QED) is 0.726. The summed E-state index contributed by atoms with van der Waals surface area (Å²) in [6.07, 6.45) is 7.54. The summed E-state index contributed by atoms with van der Waals surface area (Å²) in [6.45, 7) is 4.99. The van der Waals surface area contributed by atoms with Gasteiger partial charge < -0.3 is 9.64 Å². The molecule has 0 saturated carbocycles. The highest BCUT2D eigenvalue weighted by atomic mass is 32.1. The molecule has 0 aromatic carbocycles. The van der Waals surface area contributed by atoms with Crippen LogP contribution in [0.25, 0.3) is 0 Å². The van der Waals surface area contributed by atoms with E-state index in [0.29, 0.717) is 13.0 Å². The fraction of sp³-hybridized carbons (Fsp3) is 0.368. The molecule has 1 aliphatic heterocycles. The number of nitrogens with zero attached hydrogens (tertiary/aromatic N) is 2. The van der Waals surface area contributed by atoms with Crippen LogP contribution in [0, 0.1) is 0 Å². The molecule has 0 unspecified atom stereocenters. The summed E-state index contributed by atoms with van der Waals surface area (Å²) in [5.74, 6) is 0.178. The zero-order valence-electron chi connectivity index (χ0n) is 13.6. The number of hydrogen-bond acceptors (Lipinski definition) is 4. The molecule has 4 nitrogen and oxygen atoms in total. The summed E-state index contributed by atoms with van der Waals surface area (Å²) in [4.78, 5) is 18.8. The number of hydrogen-bond donors (Lipinski definition) is 0. The van der Waals surface area contributed by atoms with Crippen molar-refractivity contribution in [1.82, 2.24) is 9.88 Å². The first-order valence-corrected chi connectivity index (χ1v) is 9.14. The number of carbonyl (C=O) groups is 1. The third kappa shape index (κ3) is 4.10. The van der Waals surface area contributed by atoms with Gasteiger partial charge in [0.2, 0.25) is 5.91 Å². The smallest absolute Gasteiger partial charge is 0.227 e. The molecule has 2 atom stereocenters. The van der Waals surface area contributed by atoms with E-state index in [4.69, 9.17) is 4.74 Å². The zero-order chi connectivity index (χ0) is 16.8. The van der Waals surface area contributed by atoms with Crippen LogP contribution in [0.2, 0.25) is 0 Å². The van der Waals surface area contributed by atoms with Crippen LogP contribution in [-0.4, -0.2) is 41.1 Å². The maximum Gasteiger partial charge on any atom is 0.227 e. The standard InChI is InChI=1S/C19H22N2O2S/c1-2-10-23-18-5-9-21(19(22)13-16-6-11-24-14-16)17(18)12-15-3-7-20-8-4-15/h2-4,6-8,11,14,17-18H,1,5,9-10,12-13H2/t17-,18-/m0/s1. The Kier molecular flexibility index (Phi) is 5.77. The highest BCUT2D eigenvalue weighted by molar-refractivity contribution is 7.08. The SMILES string of the molecule is C=CCO[C@H]1CCN(C(=O)Cc2ccsc2)[C@H]1Cc1ccncc1. The fourth-order valence-corrected chi connectivity index (χ4v) is 3.86. The van der Waals surface area contributed by atoms with Crippen LogP contribution in [-0.2, 0) is 22.4 Å². The van der Waals surface area contributed by atoms with Gasteiger partial charge in [-0.2, -0.15) is 11.3 Å². The van der Waals surface area contributed by atoms with E-state index in [2.05, 4.69) is 11.6 Å². The molecule has 1 aliphatic rings. The van der Waals surface area contributed by atoms with Crippen LogP contribution in [0.5, 0.6) is 0 Å². The number of carbonyl (C=O) groups excluding carboxylic acids is 1. The Morgan fingerprint density at radius 1 is 1.38 bits per heavy atom. The predicted octanol–water partition coefficient (Wildman–Crippen LogP) is 3.10. The monoisotopic (exact) mass is 342 g/mol. The minimum absolute atomic E-state index is 0.0580. The van der Waals surface area contributed by atoms with Gasteiger partial charge in [0.05, 0.1) is 25.2 Å². The number of ether oxygens (including phenoxy) is 1. The lowest BCUT2D eigenvalue weighted by Gasteiger charge is -2.28. The van der Waals surface area contributed by atoms with Gasteiger partial charge in [-0.25, -0.2) is 0 Å². The van der Waals surface area contributed by atoms with E-state index >= 15 is 0 Å². The van der Waals surface area contributed by atoms with Crippen molar-refractivity contribution in [3.63, 3.8) is 0 Å². The molecular formula is C19H22N2O2S. The summed E-state index contributed by atoms with van der Waals surface area (Å²) < 4.78 is 5.93. The van der Waals surface area contributed by atoms with Crippen molar-refractivity contribution < 1.29 is 9.53 Å². The number of pyridine rings is 1. The maximum absolute atomic E-state index is 12.8. The van der Waals surface area contributed by atoms with Gasteiger partial charge in [-0.1, -0.05) is 6.08 Å². The molecule has 3 rings (SSSR count). The molecule has 1 fully saturated rings. The van der Waals surface area contributed by atoms with E-state index < -0.39 is 0 Å². The third-order valence-electron chi connectivity index (χ3n) is 4.36. The van der Waals surface area contributed by atoms with E-state index in [-0.39, 0.29) is 18.1 Å². The summed E-state index contributed by atoms with van der Waals surface area (Å²) in [5, 5.41) is 4.05. The number of likely N-dealkylation sites (tertiary alicyclic amines) is 1. The number of aromatic nitrogens is 1. The molecule has 0 bridgehead atoms. The van der Waals surface area contributed by atoms with E-state index in [1.807, 2.05) is 33.9 Å². The second kappa shape index (κ2) is 8.22. The molecule has 2 aromatic heterocycles. The van der Waals surface area contributed by atoms with Gasteiger partial charge >= 0.3 is 0 Å². The van der Waals surface area contributed by atoms with Gasteiger partial charge in [0.25, 0.3) is 0 Å². The highest BCUT2D eigenvalue weighted by Crippen LogP contribution is 2.25. The van der Waals surface area contributed by atoms with Crippen molar-refractivity contribution in [3.05, 3.63) is 65.1 Å². The van der Waals surface area contributed by atoms with Crippen molar-refractivity contribution in [2.24, 2.45) is 0 Å². The zero-order valence-corrected chi connectivity index (χ0v) is 14.5. The minimum atomic E-state index is 0.0580. The van der Waals surface area contributed by atoms with Crippen molar-refractivity contribution in [2.75, 3.05) is 13.2 Å². The Labute approximate surface area is 146 Å². The lowest BCUT2D eigenvalue weighted by molar-refractivity contribution is -0.132. The minimum Gasteiger partial charge on any atom is -0.372 e. The number of rotatable bonds is 7. The molecule has 24 heavy (non-hydrogen) atoms. The Morgan fingerprint density at radius 2 is 2.21 bits per heavy atom. The van der Waals surface area contributed by atoms with E-state index in [1.54, 1.807) is 29.8 Å². The summed E-state index contributed by atoms with van der Waals surface area (Å²) in [5.41, 5.74) is 2.26. The van der Waals surface area contributed by atoms with Gasteiger partial charge in [0.15, 0.2) is 0 Å². The molecule has 0 aliphatic carbocycles. The first kappa shape index (κ1) is 16.9. The Balaban J connectivity index is 1.73. The predicted molar refractivity (Wildman–Crippen MR) is 96.0 cm³/mol. The summed E-state index contributed by atoms with van der Waals surface area (Å²) >= 11 is 1.63. The molecule has 0 spiro atoms. The second-order valence-corrected chi connectivity index (χ2v) is 6.75. The van der Waals surface area contributed by atoms with Crippen molar-refractivity contribution in [1.29, 1.82) is 0 Å². The number of thiophene rings is 1. The van der Waals surface area contributed by atoms with Crippen LogP contribution in [0.4, 0.5) is 0 Å². The first-order chi connectivity index (χ1) is 11.8. The molecule has 2 aromatic rings. The van der Waals surface area contributed by atoms with Crippen LogP contribution >= 0.6 is 11.3 Å². The van der Waals surface area contributed by atoms with Crippen LogP contribution < -0.4 is 0 Å². The lowest BCUT2D eigenvalue weighted by atomic mass is 10.0. The Morgan fingerprint density at radius 3 is 2.92 bits per heavy atom. The van der Waals surface area contributed by atoms with Crippen LogP contribution in [0.1, 0.15) is 17.5 Å². The number of amides is 1. The fourth-order valence-electron chi connectivity index (χ4n) is 3.19. The van der Waals surface area contributed by atoms with Crippen LogP contribution in [0.3, 0.4) is 0 Å². The maximum atomic E-state index is 12.8. The molecule has 1 amide bonds. The van der Waals surface area contributed by atoms with Gasteiger partial charge in [-0.3, -0.25) is 9.78 Å². The average molecular weight is 342 g/mol. The van der Waals surface area contributed by atoms with Gasteiger partial charge in [-0.05, 0) is 52.9 Å². The Bertz CT molecular complexity index is 657. The topological polar surface area (TPSA) is 42.4 Å². The molecule has 126 valence electrons. The third-order valence-corrected chi connectivity index (χ3v) is 5.09. The molecular weight excluding hydrogens is 320 g/mol.